The van der Waals surface area contributed by atoms with Crippen LogP contribution < -0.4 is 5.32 Å². The second kappa shape index (κ2) is 5.86. The second-order valence-electron chi connectivity index (χ2n) is 7.57. The molecule has 23 heavy (non-hydrogen) atoms. The lowest BCUT2D eigenvalue weighted by Crippen LogP contribution is -2.44. The Hall–Kier alpha value is -1.49. The van der Waals surface area contributed by atoms with Crippen LogP contribution in [0.25, 0.3) is 0 Å². The van der Waals surface area contributed by atoms with Crippen LogP contribution in [0.5, 0.6) is 0 Å². The van der Waals surface area contributed by atoms with Crippen molar-refractivity contribution in [3.8, 4) is 0 Å². The van der Waals surface area contributed by atoms with Gasteiger partial charge < -0.3 is 14.6 Å². The number of fused-ring (bicyclic) bond motifs is 2. The number of carbonyl (C=O) groups excluding carboxylic acids is 1. The highest BCUT2D eigenvalue weighted by molar-refractivity contribution is 5.74. The van der Waals surface area contributed by atoms with Crippen LogP contribution in [0.3, 0.4) is 0 Å². The Balaban J connectivity index is 1.30. The Morgan fingerprint density at radius 2 is 2.09 bits per heavy atom. The highest BCUT2D eigenvalue weighted by Crippen LogP contribution is 2.47. The molecule has 3 aliphatic rings. The average molecular weight is 317 g/mol. The highest BCUT2D eigenvalue weighted by Gasteiger charge is 2.37. The Morgan fingerprint density at radius 3 is 2.87 bits per heavy atom. The summed E-state index contributed by atoms with van der Waals surface area (Å²) in [7, 11) is 2.20. The Kier molecular flexibility index (Phi) is 3.84. The van der Waals surface area contributed by atoms with Gasteiger partial charge in [0.25, 0.3) is 0 Å². The first-order valence-electron chi connectivity index (χ1n) is 8.95. The molecule has 2 saturated heterocycles. The zero-order chi connectivity index (χ0) is 16.0. The third kappa shape index (κ3) is 2.99. The van der Waals surface area contributed by atoms with E-state index in [1.807, 2.05) is 11.0 Å². The number of urea groups is 1. The third-order valence-electron chi connectivity index (χ3n) is 6.01. The minimum Gasteiger partial charge on any atom is -0.464 e. The number of likely N-dealkylation sites (tertiary alicyclic amines) is 1. The second-order valence-corrected chi connectivity index (χ2v) is 7.57. The van der Waals surface area contributed by atoms with Crippen molar-refractivity contribution >= 4 is 6.03 Å². The fourth-order valence-corrected chi connectivity index (χ4v) is 4.18. The van der Waals surface area contributed by atoms with Crippen molar-refractivity contribution in [2.45, 2.75) is 57.2 Å². The zero-order valence-corrected chi connectivity index (χ0v) is 14.1. The summed E-state index contributed by atoms with van der Waals surface area (Å²) in [6.45, 7) is 4.45. The fraction of sp³-hybridized carbons (Fsp3) is 0.722. The largest absolute Gasteiger partial charge is 0.464 e. The summed E-state index contributed by atoms with van der Waals surface area (Å²) < 4.78 is 5.87. The van der Waals surface area contributed by atoms with Crippen LogP contribution in [0.2, 0.25) is 0 Å². The number of hydrogen-bond acceptors (Lipinski definition) is 3. The lowest BCUT2D eigenvalue weighted by Gasteiger charge is -2.25. The lowest BCUT2D eigenvalue weighted by atomic mass is 10.1. The molecule has 0 radical (unpaired) electrons. The molecule has 1 aromatic heterocycles. The molecular weight excluding hydrogens is 290 g/mol. The lowest BCUT2D eigenvalue weighted by molar-refractivity contribution is 0.187. The standard InChI is InChI=1S/C18H27N3O2/c1-12-9-16(12)17-6-5-15(23-17)10-19-18(22)21-8-7-13-3-4-14(11-21)20(13)2/h5-6,12-14,16H,3-4,7-11H2,1-2H3,(H,19,22)/t12-,13+,14-,16+/m0/s1. The summed E-state index contributed by atoms with van der Waals surface area (Å²) in [4.78, 5) is 16.9. The van der Waals surface area contributed by atoms with Gasteiger partial charge in [-0.2, -0.15) is 0 Å². The molecule has 0 spiro atoms. The van der Waals surface area contributed by atoms with Gasteiger partial charge in [-0.05, 0) is 50.8 Å². The highest BCUT2D eigenvalue weighted by atomic mass is 16.3. The predicted octanol–water partition coefficient (Wildman–Crippen LogP) is 2.78. The normalized spacial score (nSPS) is 33.6. The zero-order valence-electron chi connectivity index (χ0n) is 14.1. The van der Waals surface area contributed by atoms with Crippen LogP contribution in [-0.2, 0) is 6.54 Å². The van der Waals surface area contributed by atoms with Gasteiger partial charge in [-0.3, -0.25) is 4.90 Å². The summed E-state index contributed by atoms with van der Waals surface area (Å²) in [6.07, 6.45) is 4.81. The van der Waals surface area contributed by atoms with Crippen LogP contribution in [0.15, 0.2) is 16.5 Å². The van der Waals surface area contributed by atoms with Crippen molar-refractivity contribution < 1.29 is 9.21 Å². The Bertz CT molecular complexity index is 585. The molecule has 3 heterocycles. The van der Waals surface area contributed by atoms with Gasteiger partial charge >= 0.3 is 6.03 Å². The van der Waals surface area contributed by atoms with Crippen LogP contribution >= 0.6 is 0 Å². The quantitative estimate of drug-likeness (QED) is 0.932. The molecule has 2 aliphatic heterocycles. The SMILES string of the molecule is C[C@H]1C[C@H]1c1ccc(CNC(=O)N2CC[C@H]3CC[C@@H](C2)N3C)o1. The Labute approximate surface area is 138 Å². The molecule has 0 unspecified atom stereocenters. The van der Waals surface area contributed by atoms with E-state index >= 15 is 0 Å². The smallest absolute Gasteiger partial charge is 0.317 e. The van der Waals surface area contributed by atoms with Crippen molar-refractivity contribution in [2.24, 2.45) is 5.92 Å². The van der Waals surface area contributed by atoms with Crippen molar-refractivity contribution in [3.05, 3.63) is 23.7 Å². The number of nitrogens with zero attached hydrogens (tertiary/aromatic N) is 2. The molecule has 1 saturated carbocycles. The molecular formula is C18H27N3O2. The molecule has 5 heteroatoms. The van der Waals surface area contributed by atoms with Gasteiger partial charge in [-0.1, -0.05) is 6.92 Å². The summed E-state index contributed by atoms with van der Waals surface area (Å²) in [5.41, 5.74) is 0. The number of furan rings is 1. The van der Waals surface area contributed by atoms with Gasteiger partial charge in [0, 0.05) is 31.1 Å². The molecule has 5 nitrogen and oxygen atoms in total. The number of likely N-dealkylation sites (N-methyl/N-ethyl adjacent to an activating group) is 1. The van der Waals surface area contributed by atoms with E-state index in [-0.39, 0.29) is 6.03 Å². The first kappa shape index (κ1) is 15.1. The van der Waals surface area contributed by atoms with E-state index in [1.54, 1.807) is 0 Å². The summed E-state index contributed by atoms with van der Waals surface area (Å²) >= 11 is 0. The van der Waals surface area contributed by atoms with E-state index in [9.17, 15) is 4.79 Å². The van der Waals surface area contributed by atoms with Crippen molar-refractivity contribution in [1.29, 1.82) is 0 Å². The van der Waals surface area contributed by atoms with Gasteiger partial charge in [-0.25, -0.2) is 4.79 Å². The van der Waals surface area contributed by atoms with Crippen LogP contribution in [0.4, 0.5) is 4.79 Å². The monoisotopic (exact) mass is 317 g/mol. The number of rotatable bonds is 3. The third-order valence-corrected chi connectivity index (χ3v) is 6.01. The molecule has 0 aromatic carbocycles. The van der Waals surface area contributed by atoms with E-state index in [2.05, 4.69) is 30.3 Å². The maximum atomic E-state index is 12.5. The molecule has 1 aromatic rings. The molecule has 126 valence electrons. The first-order valence-corrected chi connectivity index (χ1v) is 8.95. The van der Waals surface area contributed by atoms with Gasteiger partial charge in [0.05, 0.1) is 6.54 Å². The van der Waals surface area contributed by atoms with E-state index < -0.39 is 0 Å². The van der Waals surface area contributed by atoms with Crippen LogP contribution in [-0.4, -0.2) is 48.1 Å². The maximum absolute atomic E-state index is 12.5. The summed E-state index contributed by atoms with van der Waals surface area (Å²) in [5.74, 6) is 3.28. The molecule has 2 amide bonds. The molecule has 3 fully saturated rings. The minimum absolute atomic E-state index is 0.0451. The molecule has 1 aliphatic carbocycles. The Morgan fingerprint density at radius 1 is 1.30 bits per heavy atom. The van der Waals surface area contributed by atoms with Crippen molar-refractivity contribution in [2.75, 3.05) is 20.1 Å². The maximum Gasteiger partial charge on any atom is 0.317 e. The van der Waals surface area contributed by atoms with E-state index in [0.29, 0.717) is 24.5 Å². The van der Waals surface area contributed by atoms with Gasteiger partial charge in [0.2, 0.25) is 0 Å². The fourth-order valence-electron chi connectivity index (χ4n) is 4.18. The van der Waals surface area contributed by atoms with E-state index in [1.165, 1.54) is 19.3 Å². The van der Waals surface area contributed by atoms with E-state index in [4.69, 9.17) is 4.42 Å². The predicted molar refractivity (Wildman–Crippen MR) is 88.2 cm³/mol. The molecule has 1 N–H and O–H groups in total. The number of amides is 2. The van der Waals surface area contributed by atoms with Crippen LogP contribution in [0, 0.1) is 5.92 Å². The first-order chi connectivity index (χ1) is 11.1. The van der Waals surface area contributed by atoms with Crippen LogP contribution in [0.1, 0.15) is 50.0 Å². The molecule has 4 atom stereocenters. The number of carbonyl (C=O) groups is 1. The van der Waals surface area contributed by atoms with E-state index in [0.717, 1.165) is 36.9 Å². The van der Waals surface area contributed by atoms with Gasteiger partial charge in [-0.15, -0.1) is 0 Å². The molecule has 4 rings (SSSR count). The van der Waals surface area contributed by atoms with Crippen molar-refractivity contribution in [3.63, 3.8) is 0 Å². The number of hydrogen-bond donors (Lipinski definition) is 1. The van der Waals surface area contributed by atoms with Gasteiger partial charge in [0.15, 0.2) is 0 Å². The summed E-state index contributed by atoms with van der Waals surface area (Å²) in [5, 5.41) is 3.03. The molecule has 2 bridgehead atoms. The number of nitrogens with one attached hydrogen (secondary N) is 1. The topological polar surface area (TPSA) is 48.7 Å². The minimum atomic E-state index is 0.0451. The van der Waals surface area contributed by atoms with Crippen molar-refractivity contribution in [1.82, 2.24) is 15.1 Å². The van der Waals surface area contributed by atoms with Gasteiger partial charge in [0.1, 0.15) is 11.5 Å². The average Bonchev–Trinajstić information content (AvgIpc) is 2.95. The summed E-state index contributed by atoms with van der Waals surface area (Å²) in [6, 6.07) is 5.29.